The minimum atomic E-state index is -0.0843. The van der Waals surface area contributed by atoms with Crippen LogP contribution in [0.2, 0.25) is 0 Å². The van der Waals surface area contributed by atoms with E-state index in [1.54, 1.807) is 6.92 Å². The number of aromatic nitrogens is 1. The zero-order valence-corrected chi connectivity index (χ0v) is 16.0. The minimum Gasteiger partial charge on any atom is -0.376 e. The van der Waals surface area contributed by atoms with Crippen molar-refractivity contribution >= 4 is 11.8 Å². The fourth-order valence-electron chi connectivity index (χ4n) is 4.24. The predicted octanol–water partition coefficient (Wildman–Crippen LogP) is 2.79. The lowest BCUT2D eigenvalue weighted by Gasteiger charge is -2.35. The lowest BCUT2D eigenvalue weighted by molar-refractivity contribution is -0.132. The van der Waals surface area contributed by atoms with Gasteiger partial charge in [0.05, 0.1) is 18.8 Å². The van der Waals surface area contributed by atoms with Crippen LogP contribution in [0.5, 0.6) is 0 Å². The number of hydrogen-bond donors (Lipinski definition) is 1. The lowest BCUT2D eigenvalue weighted by Crippen LogP contribution is -2.38. The fourth-order valence-corrected chi connectivity index (χ4v) is 4.24. The SMILES string of the molecule is CC(=O)N1CCCC[C@H]1c1ccc(C(=O)NCCOC2CCCC2)n1C. The summed E-state index contributed by atoms with van der Waals surface area (Å²) < 4.78 is 7.72. The van der Waals surface area contributed by atoms with Crippen molar-refractivity contribution in [3.8, 4) is 0 Å². The molecule has 3 rings (SSSR count). The van der Waals surface area contributed by atoms with Gasteiger partial charge >= 0.3 is 0 Å². The molecule has 1 saturated carbocycles. The van der Waals surface area contributed by atoms with E-state index < -0.39 is 0 Å². The summed E-state index contributed by atoms with van der Waals surface area (Å²) in [4.78, 5) is 26.4. The van der Waals surface area contributed by atoms with Crippen LogP contribution in [0.15, 0.2) is 12.1 Å². The van der Waals surface area contributed by atoms with Crippen LogP contribution in [0.3, 0.4) is 0 Å². The average Bonchev–Trinajstić information content (AvgIpc) is 3.28. The van der Waals surface area contributed by atoms with Crippen molar-refractivity contribution in [1.82, 2.24) is 14.8 Å². The molecule has 0 unspecified atom stereocenters. The van der Waals surface area contributed by atoms with Crippen LogP contribution in [0.4, 0.5) is 0 Å². The first kappa shape index (κ1) is 19.0. The van der Waals surface area contributed by atoms with Crippen molar-refractivity contribution in [2.24, 2.45) is 7.05 Å². The molecule has 2 heterocycles. The van der Waals surface area contributed by atoms with Gasteiger partial charge in [-0.3, -0.25) is 9.59 Å². The van der Waals surface area contributed by atoms with Gasteiger partial charge in [0, 0.05) is 32.8 Å². The third-order valence-corrected chi connectivity index (χ3v) is 5.69. The molecule has 26 heavy (non-hydrogen) atoms. The molecule has 1 saturated heterocycles. The molecular formula is C20H31N3O3. The van der Waals surface area contributed by atoms with Gasteiger partial charge in [0.15, 0.2) is 0 Å². The van der Waals surface area contributed by atoms with Crippen LogP contribution in [0.1, 0.15) is 74.1 Å². The minimum absolute atomic E-state index is 0.0681. The summed E-state index contributed by atoms with van der Waals surface area (Å²) >= 11 is 0. The molecule has 0 bridgehead atoms. The Morgan fingerprint density at radius 2 is 1.88 bits per heavy atom. The Balaban J connectivity index is 1.56. The smallest absolute Gasteiger partial charge is 0.267 e. The summed E-state index contributed by atoms with van der Waals surface area (Å²) in [5.41, 5.74) is 1.67. The second kappa shape index (κ2) is 8.71. The van der Waals surface area contributed by atoms with Crippen molar-refractivity contribution < 1.29 is 14.3 Å². The van der Waals surface area contributed by atoms with Gasteiger partial charge < -0.3 is 19.5 Å². The second-order valence-corrected chi connectivity index (χ2v) is 7.46. The van der Waals surface area contributed by atoms with Crippen LogP contribution in [0, 0.1) is 0 Å². The van der Waals surface area contributed by atoms with Gasteiger partial charge in [-0.2, -0.15) is 0 Å². The third kappa shape index (κ3) is 4.29. The number of nitrogens with one attached hydrogen (secondary N) is 1. The summed E-state index contributed by atoms with van der Waals surface area (Å²) in [5.74, 6) is 0.0184. The van der Waals surface area contributed by atoms with Crippen LogP contribution >= 0.6 is 0 Å². The molecule has 2 amide bonds. The molecule has 2 fully saturated rings. The molecule has 0 radical (unpaired) electrons. The molecule has 6 heteroatoms. The lowest BCUT2D eigenvalue weighted by atomic mass is 9.99. The summed E-state index contributed by atoms with van der Waals surface area (Å²) in [7, 11) is 1.91. The molecule has 1 atom stereocenters. The normalized spacial score (nSPS) is 21.2. The number of rotatable bonds is 6. The van der Waals surface area contributed by atoms with Crippen molar-refractivity contribution in [2.45, 2.75) is 64.0 Å². The van der Waals surface area contributed by atoms with Crippen LogP contribution in [-0.4, -0.2) is 47.1 Å². The maximum atomic E-state index is 12.5. The third-order valence-electron chi connectivity index (χ3n) is 5.69. The predicted molar refractivity (Wildman–Crippen MR) is 99.9 cm³/mol. The van der Waals surface area contributed by atoms with Gasteiger partial charge in [-0.1, -0.05) is 12.8 Å². The zero-order valence-electron chi connectivity index (χ0n) is 16.0. The molecule has 1 N–H and O–H groups in total. The number of amides is 2. The molecule has 144 valence electrons. The molecule has 6 nitrogen and oxygen atoms in total. The maximum Gasteiger partial charge on any atom is 0.267 e. The molecule has 1 aromatic heterocycles. The topological polar surface area (TPSA) is 63.6 Å². The number of piperidine rings is 1. The fraction of sp³-hybridized carbons (Fsp3) is 0.700. The summed E-state index contributed by atoms with van der Waals surface area (Å²) in [6, 6.07) is 3.91. The Bertz CT molecular complexity index is 634. The van der Waals surface area contributed by atoms with Gasteiger partial charge in [-0.25, -0.2) is 0 Å². The maximum absolute atomic E-state index is 12.5. The van der Waals surface area contributed by atoms with E-state index >= 15 is 0 Å². The van der Waals surface area contributed by atoms with Crippen molar-refractivity contribution in [3.05, 3.63) is 23.5 Å². The van der Waals surface area contributed by atoms with Crippen LogP contribution in [-0.2, 0) is 16.6 Å². The summed E-state index contributed by atoms with van der Waals surface area (Å²) in [6.45, 7) is 3.51. The van der Waals surface area contributed by atoms with Crippen molar-refractivity contribution in [1.29, 1.82) is 0 Å². The molecule has 0 spiro atoms. The highest BCUT2D eigenvalue weighted by Gasteiger charge is 2.28. The summed E-state index contributed by atoms with van der Waals surface area (Å²) in [5, 5.41) is 2.95. The van der Waals surface area contributed by atoms with Crippen molar-refractivity contribution in [2.75, 3.05) is 19.7 Å². The van der Waals surface area contributed by atoms with E-state index in [0.717, 1.165) is 44.3 Å². The van der Waals surface area contributed by atoms with E-state index in [1.165, 1.54) is 12.8 Å². The first-order valence-corrected chi connectivity index (χ1v) is 9.90. The number of ether oxygens (including phenoxy) is 1. The molecule has 1 aliphatic heterocycles. The molecule has 1 aliphatic carbocycles. The van der Waals surface area contributed by atoms with Gasteiger partial charge in [0.2, 0.25) is 5.91 Å². The van der Waals surface area contributed by atoms with E-state index in [9.17, 15) is 9.59 Å². The number of nitrogens with zero attached hydrogens (tertiary/aromatic N) is 2. The molecule has 2 aliphatic rings. The Morgan fingerprint density at radius 1 is 1.15 bits per heavy atom. The molecule has 1 aromatic rings. The standard InChI is InChI=1S/C20H31N3O3/c1-15(24)23-13-6-5-9-18(23)17-10-11-19(22(17)2)20(25)21-12-14-26-16-7-3-4-8-16/h10-11,16,18H,3-9,12-14H2,1-2H3,(H,21,25)/t18-/m0/s1. The molecular weight excluding hydrogens is 330 g/mol. The van der Waals surface area contributed by atoms with Crippen molar-refractivity contribution in [3.63, 3.8) is 0 Å². The van der Waals surface area contributed by atoms with Gasteiger partial charge in [0.1, 0.15) is 5.69 Å². The van der Waals surface area contributed by atoms with E-state index in [4.69, 9.17) is 4.74 Å². The Labute approximate surface area is 155 Å². The van der Waals surface area contributed by atoms with E-state index in [2.05, 4.69) is 5.32 Å². The van der Waals surface area contributed by atoms with Gasteiger partial charge in [0.25, 0.3) is 5.91 Å². The number of carbonyl (C=O) groups excluding carboxylic acids is 2. The highest BCUT2D eigenvalue weighted by Crippen LogP contribution is 2.31. The van der Waals surface area contributed by atoms with E-state index in [0.29, 0.717) is 24.9 Å². The van der Waals surface area contributed by atoms with Gasteiger partial charge in [-0.15, -0.1) is 0 Å². The summed E-state index contributed by atoms with van der Waals surface area (Å²) in [6.07, 6.45) is 8.27. The highest BCUT2D eigenvalue weighted by molar-refractivity contribution is 5.92. The number of likely N-dealkylation sites (tertiary alicyclic amines) is 1. The van der Waals surface area contributed by atoms with Crippen LogP contribution in [0.25, 0.3) is 0 Å². The Morgan fingerprint density at radius 3 is 2.62 bits per heavy atom. The second-order valence-electron chi connectivity index (χ2n) is 7.46. The van der Waals surface area contributed by atoms with Crippen LogP contribution < -0.4 is 5.32 Å². The Hall–Kier alpha value is -1.82. The van der Waals surface area contributed by atoms with Gasteiger partial charge in [-0.05, 0) is 44.2 Å². The average molecular weight is 361 g/mol. The Kier molecular flexibility index (Phi) is 6.35. The first-order chi connectivity index (χ1) is 12.6. The molecule has 0 aromatic carbocycles. The quantitative estimate of drug-likeness (QED) is 0.793. The largest absolute Gasteiger partial charge is 0.376 e. The number of carbonyl (C=O) groups is 2. The highest BCUT2D eigenvalue weighted by atomic mass is 16.5. The van der Waals surface area contributed by atoms with E-state index in [1.807, 2.05) is 28.6 Å². The first-order valence-electron chi connectivity index (χ1n) is 9.90. The monoisotopic (exact) mass is 361 g/mol. The number of hydrogen-bond acceptors (Lipinski definition) is 3. The zero-order chi connectivity index (χ0) is 18.5. The van der Waals surface area contributed by atoms with E-state index in [-0.39, 0.29) is 17.9 Å².